The Morgan fingerprint density at radius 1 is 0.941 bits per heavy atom. The SMILES string of the molecule is Cc1cc2nn(-c3cccc4ccccc34)nc2cc1NC(=O)c1cccc(OCC(C)C)c1. The number of amides is 1. The fourth-order valence-electron chi connectivity index (χ4n) is 3.88. The van der Waals surface area contributed by atoms with E-state index in [1.54, 1.807) is 16.9 Å². The lowest BCUT2D eigenvalue weighted by molar-refractivity contribution is 0.102. The molecule has 5 rings (SSSR count). The molecule has 34 heavy (non-hydrogen) atoms. The van der Waals surface area contributed by atoms with Gasteiger partial charge in [-0.2, -0.15) is 0 Å². The van der Waals surface area contributed by atoms with Crippen molar-refractivity contribution in [2.75, 3.05) is 11.9 Å². The van der Waals surface area contributed by atoms with Crippen molar-refractivity contribution in [2.24, 2.45) is 5.92 Å². The molecule has 0 aliphatic rings. The molecule has 0 unspecified atom stereocenters. The first-order valence-electron chi connectivity index (χ1n) is 11.4. The molecule has 1 heterocycles. The molecule has 0 spiro atoms. The van der Waals surface area contributed by atoms with E-state index < -0.39 is 0 Å². The number of nitrogens with one attached hydrogen (secondary N) is 1. The molecule has 0 radical (unpaired) electrons. The van der Waals surface area contributed by atoms with Gasteiger partial charge in [0.2, 0.25) is 0 Å². The highest BCUT2D eigenvalue weighted by molar-refractivity contribution is 6.05. The third-order valence-electron chi connectivity index (χ3n) is 5.64. The molecule has 0 aliphatic heterocycles. The molecule has 1 N–H and O–H groups in total. The number of carbonyl (C=O) groups excluding carboxylic acids is 1. The van der Waals surface area contributed by atoms with Crippen molar-refractivity contribution in [3.8, 4) is 11.4 Å². The molecular formula is C28H26N4O2. The van der Waals surface area contributed by atoms with Crippen LogP contribution in [0.2, 0.25) is 0 Å². The number of rotatable bonds is 6. The van der Waals surface area contributed by atoms with Crippen LogP contribution in [0, 0.1) is 12.8 Å². The molecule has 0 aliphatic carbocycles. The Bertz CT molecular complexity index is 1500. The van der Waals surface area contributed by atoms with Gasteiger partial charge in [-0.15, -0.1) is 15.0 Å². The van der Waals surface area contributed by atoms with E-state index in [1.165, 1.54) is 0 Å². The van der Waals surface area contributed by atoms with Crippen LogP contribution >= 0.6 is 0 Å². The number of hydrogen-bond acceptors (Lipinski definition) is 4. The summed E-state index contributed by atoms with van der Waals surface area (Å²) in [4.78, 5) is 14.6. The van der Waals surface area contributed by atoms with Gasteiger partial charge in [0.1, 0.15) is 16.8 Å². The van der Waals surface area contributed by atoms with Gasteiger partial charge in [0, 0.05) is 16.6 Å². The highest BCUT2D eigenvalue weighted by atomic mass is 16.5. The number of carbonyl (C=O) groups is 1. The van der Waals surface area contributed by atoms with Crippen LogP contribution in [-0.4, -0.2) is 27.5 Å². The summed E-state index contributed by atoms with van der Waals surface area (Å²) in [5.41, 5.74) is 4.56. The molecule has 0 fully saturated rings. The lowest BCUT2D eigenvalue weighted by atomic mass is 10.1. The number of anilines is 1. The van der Waals surface area contributed by atoms with Crippen LogP contribution in [0.15, 0.2) is 78.9 Å². The number of ether oxygens (including phenoxy) is 1. The van der Waals surface area contributed by atoms with Gasteiger partial charge in [0.15, 0.2) is 0 Å². The van der Waals surface area contributed by atoms with Gasteiger partial charge < -0.3 is 10.1 Å². The van der Waals surface area contributed by atoms with E-state index in [0.717, 1.165) is 27.5 Å². The number of aryl methyl sites for hydroxylation is 1. The second-order valence-corrected chi connectivity index (χ2v) is 8.83. The summed E-state index contributed by atoms with van der Waals surface area (Å²) in [7, 11) is 0. The highest BCUT2D eigenvalue weighted by Gasteiger charge is 2.13. The molecule has 6 heteroatoms. The Labute approximate surface area is 198 Å². The maximum atomic E-state index is 13.0. The van der Waals surface area contributed by atoms with Crippen molar-refractivity contribution >= 4 is 33.4 Å². The van der Waals surface area contributed by atoms with Crippen LogP contribution in [0.4, 0.5) is 5.69 Å². The van der Waals surface area contributed by atoms with E-state index in [0.29, 0.717) is 35.0 Å². The van der Waals surface area contributed by atoms with Gasteiger partial charge in [0.25, 0.3) is 5.91 Å². The average Bonchev–Trinajstić information content (AvgIpc) is 3.25. The van der Waals surface area contributed by atoms with E-state index in [9.17, 15) is 4.79 Å². The van der Waals surface area contributed by atoms with Gasteiger partial charge in [-0.25, -0.2) is 0 Å². The summed E-state index contributed by atoms with van der Waals surface area (Å²) in [5.74, 6) is 0.902. The van der Waals surface area contributed by atoms with E-state index in [4.69, 9.17) is 14.9 Å². The fraction of sp³-hybridized carbons (Fsp3) is 0.179. The molecule has 0 bridgehead atoms. The van der Waals surface area contributed by atoms with Crippen molar-refractivity contribution in [3.63, 3.8) is 0 Å². The number of hydrogen-bond donors (Lipinski definition) is 1. The van der Waals surface area contributed by atoms with Crippen LogP contribution < -0.4 is 10.1 Å². The first-order valence-corrected chi connectivity index (χ1v) is 11.4. The van der Waals surface area contributed by atoms with E-state index >= 15 is 0 Å². The quantitative estimate of drug-likeness (QED) is 0.336. The normalized spacial score (nSPS) is 11.3. The van der Waals surface area contributed by atoms with E-state index in [2.05, 4.69) is 37.4 Å². The first-order chi connectivity index (χ1) is 16.5. The van der Waals surface area contributed by atoms with Gasteiger partial charge >= 0.3 is 0 Å². The lowest BCUT2D eigenvalue weighted by Gasteiger charge is -2.11. The summed E-state index contributed by atoms with van der Waals surface area (Å²) >= 11 is 0. The lowest BCUT2D eigenvalue weighted by Crippen LogP contribution is -2.13. The first kappa shape index (κ1) is 21.6. The van der Waals surface area contributed by atoms with E-state index in [1.807, 2.05) is 55.5 Å². The minimum atomic E-state index is -0.195. The molecule has 0 atom stereocenters. The predicted molar refractivity (Wildman–Crippen MR) is 136 cm³/mol. The summed E-state index contributed by atoms with van der Waals surface area (Å²) in [5, 5.41) is 14.6. The minimum absolute atomic E-state index is 0.195. The Morgan fingerprint density at radius 2 is 1.68 bits per heavy atom. The zero-order valence-electron chi connectivity index (χ0n) is 19.4. The molecule has 0 saturated heterocycles. The largest absolute Gasteiger partial charge is 0.493 e. The van der Waals surface area contributed by atoms with E-state index in [-0.39, 0.29) is 5.91 Å². The second kappa shape index (κ2) is 8.98. The van der Waals surface area contributed by atoms with Gasteiger partial charge in [-0.1, -0.05) is 56.3 Å². The van der Waals surface area contributed by atoms with Crippen molar-refractivity contribution in [1.29, 1.82) is 0 Å². The smallest absolute Gasteiger partial charge is 0.255 e. The highest BCUT2D eigenvalue weighted by Crippen LogP contribution is 2.26. The standard InChI is InChI=1S/C28H26N4O2/c1-18(2)17-34-22-11-6-10-21(15-22)28(33)29-24-16-26-25(14-19(24)3)30-32(31-26)27-13-7-9-20-8-4-5-12-23(20)27/h4-16,18H,17H2,1-3H3,(H,29,33). The average molecular weight is 451 g/mol. The summed E-state index contributed by atoms with van der Waals surface area (Å²) in [6.07, 6.45) is 0. The molecule has 170 valence electrons. The molecule has 1 aromatic heterocycles. The van der Waals surface area contributed by atoms with Crippen LogP contribution in [0.5, 0.6) is 5.75 Å². The van der Waals surface area contributed by atoms with Crippen molar-refractivity contribution in [2.45, 2.75) is 20.8 Å². The number of aromatic nitrogens is 3. The maximum Gasteiger partial charge on any atom is 0.255 e. The monoisotopic (exact) mass is 450 g/mol. The van der Waals surface area contributed by atoms with Crippen LogP contribution in [0.1, 0.15) is 29.8 Å². The third-order valence-corrected chi connectivity index (χ3v) is 5.64. The van der Waals surface area contributed by atoms with Gasteiger partial charge in [0.05, 0.1) is 12.3 Å². The molecule has 5 aromatic rings. The van der Waals surface area contributed by atoms with Gasteiger partial charge in [-0.05, 0) is 60.2 Å². The van der Waals surface area contributed by atoms with Crippen LogP contribution in [0.25, 0.3) is 27.5 Å². The minimum Gasteiger partial charge on any atom is -0.493 e. The maximum absolute atomic E-state index is 13.0. The summed E-state index contributed by atoms with van der Waals surface area (Å²) in [6.45, 7) is 6.74. The molecule has 6 nitrogen and oxygen atoms in total. The van der Waals surface area contributed by atoms with Crippen molar-refractivity contribution in [1.82, 2.24) is 15.0 Å². The zero-order chi connectivity index (χ0) is 23.7. The topological polar surface area (TPSA) is 69.0 Å². The Morgan fingerprint density at radius 3 is 2.50 bits per heavy atom. The second-order valence-electron chi connectivity index (χ2n) is 8.83. The Hall–Kier alpha value is -4.19. The fourth-order valence-corrected chi connectivity index (χ4v) is 3.88. The number of benzene rings is 4. The van der Waals surface area contributed by atoms with Crippen LogP contribution in [0.3, 0.4) is 0 Å². The summed E-state index contributed by atoms with van der Waals surface area (Å²) < 4.78 is 5.76. The molecule has 0 saturated carbocycles. The van der Waals surface area contributed by atoms with Crippen LogP contribution in [-0.2, 0) is 0 Å². The molecular weight excluding hydrogens is 424 g/mol. The number of nitrogens with zero attached hydrogens (tertiary/aromatic N) is 3. The predicted octanol–water partition coefficient (Wildman–Crippen LogP) is 6.17. The molecule has 4 aromatic carbocycles. The van der Waals surface area contributed by atoms with Crippen molar-refractivity contribution < 1.29 is 9.53 Å². The Kier molecular flexibility index (Phi) is 5.72. The van der Waals surface area contributed by atoms with Crippen molar-refractivity contribution in [3.05, 3.63) is 90.0 Å². The zero-order valence-corrected chi connectivity index (χ0v) is 19.4. The Balaban J connectivity index is 1.43. The summed E-state index contributed by atoms with van der Waals surface area (Å²) in [6, 6.07) is 25.3. The third kappa shape index (κ3) is 4.35. The van der Waals surface area contributed by atoms with Gasteiger partial charge in [-0.3, -0.25) is 4.79 Å². The molecule has 1 amide bonds. The number of fused-ring (bicyclic) bond motifs is 2.